The van der Waals surface area contributed by atoms with Crippen LogP contribution in [0.2, 0.25) is 0 Å². The zero-order valence-electron chi connectivity index (χ0n) is 18.7. The standard InChI is InChI=1S/C23H24F4N4O3/c1-12-7-14(8-16(24)19(12)25)9-17(32)15-4-6-31(13(15)2)21(34)20(33)29-22(10-23(26,27)11-22)18-3-5-28-30-18/h3,7-8,13,15H,4-6,9-11H2,1-2H3,(H,29,33)/t13-,15-/m0/s1. The smallest absolute Gasteiger partial charge is 0.312 e. The van der Waals surface area contributed by atoms with Gasteiger partial charge in [0, 0.05) is 37.8 Å². The predicted molar refractivity (Wildman–Crippen MR) is 112 cm³/mol. The van der Waals surface area contributed by atoms with Crippen LogP contribution in [0.3, 0.4) is 0 Å². The molecule has 4 rings (SSSR count). The first-order valence-corrected chi connectivity index (χ1v) is 11.0. The van der Waals surface area contributed by atoms with Crippen molar-refractivity contribution in [2.45, 2.75) is 57.0 Å². The number of carbonyl (C=O) groups is 3. The Morgan fingerprint density at radius 3 is 2.50 bits per heavy atom. The molecule has 3 aliphatic rings. The summed E-state index contributed by atoms with van der Waals surface area (Å²) < 4.78 is 54.5. The number of benzene rings is 1. The maximum atomic E-state index is 13.7. The Hall–Kier alpha value is -3.11. The summed E-state index contributed by atoms with van der Waals surface area (Å²) in [4.78, 5) is 39.6. The van der Waals surface area contributed by atoms with E-state index < -0.39 is 59.7 Å². The molecule has 0 bridgehead atoms. The van der Waals surface area contributed by atoms with Gasteiger partial charge in [-0.05, 0) is 43.5 Å². The minimum absolute atomic E-state index is 0.0863. The highest BCUT2D eigenvalue weighted by Gasteiger charge is 2.60. The van der Waals surface area contributed by atoms with Crippen molar-refractivity contribution in [3.63, 3.8) is 0 Å². The van der Waals surface area contributed by atoms with E-state index in [0.29, 0.717) is 12.0 Å². The van der Waals surface area contributed by atoms with Crippen LogP contribution in [0.1, 0.15) is 37.3 Å². The largest absolute Gasteiger partial charge is 0.336 e. The van der Waals surface area contributed by atoms with Gasteiger partial charge in [-0.15, -0.1) is 0 Å². The maximum Gasteiger partial charge on any atom is 0.312 e. The topological polar surface area (TPSA) is 91.2 Å². The number of hydrogen-bond acceptors (Lipinski definition) is 5. The molecule has 1 saturated carbocycles. The molecule has 2 fully saturated rings. The van der Waals surface area contributed by atoms with Crippen LogP contribution in [0.15, 0.2) is 34.1 Å². The van der Waals surface area contributed by atoms with Gasteiger partial charge in [0.2, 0.25) is 0 Å². The van der Waals surface area contributed by atoms with Crippen molar-refractivity contribution in [1.29, 1.82) is 0 Å². The van der Waals surface area contributed by atoms with Crippen molar-refractivity contribution in [2.75, 3.05) is 13.1 Å². The van der Waals surface area contributed by atoms with Crippen LogP contribution >= 0.6 is 0 Å². The molecule has 1 aromatic rings. The third kappa shape index (κ3) is 4.35. The molecule has 2 atom stereocenters. The Bertz CT molecular complexity index is 1090. The van der Waals surface area contributed by atoms with Gasteiger partial charge >= 0.3 is 11.8 Å². The zero-order valence-corrected chi connectivity index (χ0v) is 18.7. The molecule has 0 unspecified atom stereocenters. The number of alkyl halides is 2. The fourth-order valence-electron chi connectivity index (χ4n) is 5.03. The van der Waals surface area contributed by atoms with Gasteiger partial charge in [0.1, 0.15) is 5.78 Å². The van der Waals surface area contributed by atoms with E-state index in [4.69, 9.17) is 0 Å². The Morgan fingerprint density at radius 1 is 1.21 bits per heavy atom. The van der Waals surface area contributed by atoms with E-state index in [0.717, 1.165) is 6.07 Å². The number of carbonyl (C=O) groups excluding carboxylic acids is 3. The molecular weight excluding hydrogens is 456 g/mol. The molecule has 34 heavy (non-hydrogen) atoms. The minimum Gasteiger partial charge on any atom is -0.336 e. The lowest BCUT2D eigenvalue weighted by atomic mass is 9.71. The number of nitrogens with zero attached hydrogens (tertiary/aromatic N) is 3. The van der Waals surface area contributed by atoms with Gasteiger partial charge in [-0.25, -0.2) is 17.6 Å². The Kier molecular flexibility index (Phi) is 6.07. The van der Waals surface area contributed by atoms with Crippen LogP contribution in [-0.2, 0) is 20.8 Å². The van der Waals surface area contributed by atoms with Gasteiger partial charge < -0.3 is 10.2 Å². The van der Waals surface area contributed by atoms with Crippen molar-refractivity contribution < 1.29 is 31.9 Å². The highest BCUT2D eigenvalue weighted by Crippen LogP contribution is 2.50. The molecule has 2 amide bonds. The van der Waals surface area contributed by atoms with Crippen molar-refractivity contribution in [1.82, 2.24) is 10.2 Å². The first kappa shape index (κ1) is 24.0. The number of likely N-dealkylation sites (tertiary alicyclic amines) is 1. The van der Waals surface area contributed by atoms with Gasteiger partial charge in [-0.1, -0.05) is 6.07 Å². The fourth-order valence-corrected chi connectivity index (χ4v) is 5.03. The van der Waals surface area contributed by atoms with Crippen LogP contribution < -0.4 is 5.32 Å². The number of Topliss-reactive ketones (excluding diaryl/α,β-unsaturated/α-hetero) is 1. The lowest BCUT2D eigenvalue weighted by molar-refractivity contribution is -0.154. The summed E-state index contributed by atoms with van der Waals surface area (Å²) in [6, 6.07) is 1.75. The maximum absolute atomic E-state index is 13.7. The number of hydrogen-bond donors (Lipinski definition) is 1. The summed E-state index contributed by atoms with van der Waals surface area (Å²) in [5.74, 6) is -7.82. The predicted octanol–water partition coefficient (Wildman–Crippen LogP) is 3.26. The number of ketones is 1. The van der Waals surface area contributed by atoms with E-state index in [1.807, 2.05) is 0 Å². The Labute approximate surface area is 193 Å². The van der Waals surface area contributed by atoms with E-state index in [1.165, 1.54) is 24.0 Å². The molecule has 0 radical (unpaired) electrons. The van der Waals surface area contributed by atoms with E-state index in [9.17, 15) is 31.9 Å². The molecule has 1 saturated heterocycles. The molecule has 2 heterocycles. The quantitative estimate of drug-likeness (QED) is 0.518. The average molecular weight is 480 g/mol. The summed E-state index contributed by atoms with van der Waals surface area (Å²) in [5, 5.41) is 10.0. The highest BCUT2D eigenvalue weighted by atomic mass is 19.3. The van der Waals surface area contributed by atoms with Gasteiger partial charge in [-0.3, -0.25) is 14.4 Å². The van der Waals surface area contributed by atoms with Crippen molar-refractivity contribution in [3.8, 4) is 0 Å². The number of amides is 2. The molecular formula is C23H24F4N4O3. The summed E-state index contributed by atoms with van der Waals surface area (Å²) in [6.45, 7) is 3.37. The summed E-state index contributed by atoms with van der Waals surface area (Å²) >= 11 is 0. The van der Waals surface area contributed by atoms with Gasteiger partial charge in [0.15, 0.2) is 11.6 Å². The van der Waals surface area contributed by atoms with Crippen molar-refractivity contribution in [3.05, 3.63) is 46.7 Å². The van der Waals surface area contributed by atoms with Crippen LogP contribution in [0.4, 0.5) is 17.6 Å². The van der Waals surface area contributed by atoms with Crippen LogP contribution in [0, 0.1) is 24.5 Å². The number of nitrogens with one attached hydrogen (secondary N) is 1. The molecule has 0 spiro atoms. The van der Waals surface area contributed by atoms with Crippen molar-refractivity contribution in [2.24, 2.45) is 16.1 Å². The van der Waals surface area contributed by atoms with E-state index in [2.05, 4.69) is 15.5 Å². The molecule has 7 nitrogen and oxygen atoms in total. The molecule has 1 N–H and O–H groups in total. The molecule has 0 aromatic heterocycles. The lowest BCUT2D eigenvalue weighted by Crippen LogP contribution is -2.65. The summed E-state index contributed by atoms with van der Waals surface area (Å²) in [6.07, 6.45) is 0.346. The highest BCUT2D eigenvalue weighted by molar-refractivity contribution is 6.35. The fraction of sp³-hybridized carbons (Fsp3) is 0.522. The van der Waals surface area contributed by atoms with Crippen molar-refractivity contribution >= 4 is 17.6 Å². The molecule has 11 heteroatoms. The first-order chi connectivity index (χ1) is 15.9. The van der Waals surface area contributed by atoms with Gasteiger partial charge in [0.25, 0.3) is 5.92 Å². The van der Waals surface area contributed by atoms with E-state index >= 15 is 0 Å². The van der Waals surface area contributed by atoms with Crippen LogP contribution in [0.5, 0.6) is 0 Å². The Morgan fingerprint density at radius 2 is 1.91 bits per heavy atom. The van der Waals surface area contributed by atoms with E-state index in [-0.39, 0.29) is 36.6 Å². The zero-order chi connectivity index (χ0) is 24.8. The number of aryl methyl sites for hydroxylation is 1. The molecule has 2 aliphatic heterocycles. The first-order valence-electron chi connectivity index (χ1n) is 11.0. The third-order valence-corrected chi connectivity index (χ3v) is 6.78. The lowest BCUT2D eigenvalue weighted by Gasteiger charge is -2.47. The Balaban J connectivity index is 1.41. The molecule has 182 valence electrons. The SMILES string of the molecule is Cc1cc(CC(=O)[C@H]2CCN(C(=O)C(=O)NC3(C4=CCN=N4)CC(F)(F)C3)[C@H]2C)cc(F)c1F. The summed E-state index contributed by atoms with van der Waals surface area (Å²) in [5.41, 5.74) is -0.825. The normalized spacial score (nSPS) is 24.5. The second-order valence-corrected chi connectivity index (χ2v) is 9.25. The second kappa shape index (κ2) is 8.59. The van der Waals surface area contributed by atoms with Crippen LogP contribution in [-0.4, -0.2) is 53.1 Å². The second-order valence-electron chi connectivity index (χ2n) is 9.25. The third-order valence-electron chi connectivity index (χ3n) is 6.78. The average Bonchev–Trinajstić information content (AvgIpc) is 3.40. The van der Waals surface area contributed by atoms with Gasteiger partial charge in [0.05, 0.1) is 17.8 Å². The number of rotatable bonds is 5. The number of azo groups is 1. The van der Waals surface area contributed by atoms with E-state index in [1.54, 1.807) is 6.92 Å². The monoisotopic (exact) mass is 480 g/mol. The minimum atomic E-state index is -2.98. The van der Waals surface area contributed by atoms with Gasteiger partial charge in [-0.2, -0.15) is 10.2 Å². The molecule has 1 aliphatic carbocycles. The van der Waals surface area contributed by atoms with Crippen LogP contribution in [0.25, 0.3) is 0 Å². The molecule has 1 aromatic carbocycles. The summed E-state index contributed by atoms with van der Waals surface area (Å²) in [7, 11) is 0. The number of halogens is 4.